The molecule has 1 unspecified atom stereocenters. The lowest BCUT2D eigenvalue weighted by Crippen LogP contribution is -2.32. The van der Waals surface area contributed by atoms with Crippen molar-refractivity contribution >= 4 is 5.97 Å². The quantitative estimate of drug-likeness (QED) is 0.792. The van der Waals surface area contributed by atoms with Crippen LogP contribution >= 0.6 is 0 Å². The predicted octanol–water partition coefficient (Wildman–Crippen LogP) is 1.43. The normalized spacial score (nSPS) is 12.5. The lowest BCUT2D eigenvalue weighted by atomic mass is 10.1. The molecule has 1 aromatic carbocycles. The monoisotopic (exact) mass is 223 g/mol. The summed E-state index contributed by atoms with van der Waals surface area (Å²) in [6.07, 6.45) is 0.462. The number of benzene rings is 1. The molecule has 0 saturated carbocycles. The summed E-state index contributed by atoms with van der Waals surface area (Å²) in [4.78, 5) is 10.6. The summed E-state index contributed by atoms with van der Waals surface area (Å²) in [7, 11) is 0. The zero-order valence-electron chi connectivity index (χ0n) is 9.51. The van der Waals surface area contributed by atoms with E-state index in [9.17, 15) is 4.79 Å². The third-order valence-corrected chi connectivity index (χ3v) is 2.07. The molecule has 0 fully saturated rings. The predicted molar refractivity (Wildman–Crippen MR) is 61.5 cm³/mol. The Labute approximate surface area is 95.0 Å². The topological polar surface area (TPSA) is 72.5 Å². The molecule has 1 rings (SSSR count). The van der Waals surface area contributed by atoms with Crippen molar-refractivity contribution in [3.05, 3.63) is 29.8 Å². The molecule has 3 N–H and O–H groups in total. The molecule has 16 heavy (non-hydrogen) atoms. The van der Waals surface area contributed by atoms with Crippen LogP contribution in [0.4, 0.5) is 0 Å². The highest BCUT2D eigenvalue weighted by molar-refractivity contribution is 5.73. The van der Waals surface area contributed by atoms with Crippen molar-refractivity contribution in [2.24, 2.45) is 5.73 Å². The Morgan fingerprint density at radius 2 is 1.94 bits per heavy atom. The SMILES string of the molecule is CC(C)Oc1ccc(CC(N)C(=O)O)cc1. The Hall–Kier alpha value is -1.55. The number of carbonyl (C=O) groups is 1. The van der Waals surface area contributed by atoms with E-state index in [0.717, 1.165) is 11.3 Å². The first-order chi connectivity index (χ1) is 7.49. The van der Waals surface area contributed by atoms with Crippen molar-refractivity contribution in [2.45, 2.75) is 32.4 Å². The van der Waals surface area contributed by atoms with Crippen LogP contribution in [0.5, 0.6) is 5.75 Å². The fraction of sp³-hybridized carbons (Fsp3) is 0.417. The average Bonchev–Trinajstić information content (AvgIpc) is 2.20. The molecule has 4 nitrogen and oxygen atoms in total. The van der Waals surface area contributed by atoms with Gasteiger partial charge in [-0.25, -0.2) is 0 Å². The van der Waals surface area contributed by atoms with Gasteiger partial charge < -0.3 is 15.6 Å². The smallest absolute Gasteiger partial charge is 0.320 e. The zero-order valence-corrected chi connectivity index (χ0v) is 9.51. The highest BCUT2D eigenvalue weighted by Gasteiger charge is 2.11. The summed E-state index contributed by atoms with van der Waals surface area (Å²) >= 11 is 0. The van der Waals surface area contributed by atoms with Crippen LogP contribution in [0, 0.1) is 0 Å². The third kappa shape index (κ3) is 3.90. The Kier molecular flexibility index (Phi) is 4.31. The van der Waals surface area contributed by atoms with E-state index in [2.05, 4.69) is 0 Å². The second kappa shape index (κ2) is 5.51. The number of ether oxygens (including phenoxy) is 1. The molecule has 4 heteroatoms. The van der Waals surface area contributed by atoms with Gasteiger partial charge in [0, 0.05) is 0 Å². The molecule has 0 heterocycles. The Balaban J connectivity index is 2.61. The van der Waals surface area contributed by atoms with Crippen LogP contribution in [-0.2, 0) is 11.2 Å². The zero-order chi connectivity index (χ0) is 12.1. The first-order valence-electron chi connectivity index (χ1n) is 5.23. The van der Waals surface area contributed by atoms with Gasteiger partial charge in [-0.2, -0.15) is 0 Å². The van der Waals surface area contributed by atoms with Crippen molar-refractivity contribution in [2.75, 3.05) is 0 Å². The molecular weight excluding hydrogens is 206 g/mol. The van der Waals surface area contributed by atoms with Gasteiger partial charge in [0.2, 0.25) is 0 Å². The van der Waals surface area contributed by atoms with Crippen molar-refractivity contribution in [3.8, 4) is 5.75 Å². The molecule has 1 atom stereocenters. The van der Waals surface area contributed by atoms with Crippen LogP contribution in [0.2, 0.25) is 0 Å². The van der Waals surface area contributed by atoms with Crippen molar-refractivity contribution < 1.29 is 14.6 Å². The Bertz CT molecular complexity index is 346. The third-order valence-electron chi connectivity index (χ3n) is 2.07. The standard InChI is InChI=1S/C12H17NO3/c1-8(2)16-10-5-3-9(4-6-10)7-11(13)12(14)15/h3-6,8,11H,7,13H2,1-2H3,(H,14,15). The molecule has 0 bridgehead atoms. The van der Waals surface area contributed by atoms with Crippen molar-refractivity contribution in [1.82, 2.24) is 0 Å². The van der Waals surface area contributed by atoms with Crippen molar-refractivity contribution in [3.63, 3.8) is 0 Å². The van der Waals surface area contributed by atoms with Crippen molar-refractivity contribution in [1.29, 1.82) is 0 Å². The molecule has 88 valence electrons. The highest BCUT2D eigenvalue weighted by atomic mass is 16.5. The van der Waals surface area contributed by atoms with Gasteiger partial charge >= 0.3 is 5.97 Å². The largest absolute Gasteiger partial charge is 0.491 e. The molecule has 1 aromatic rings. The highest BCUT2D eigenvalue weighted by Crippen LogP contribution is 2.14. The molecule has 0 radical (unpaired) electrons. The fourth-order valence-electron chi connectivity index (χ4n) is 1.32. The van der Waals surface area contributed by atoms with Crippen LogP contribution in [0.25, 0.3) is 0 Å². The molecule has 0 aromatic heterocycles. The fourth-order valence-corrected chi connectivity index (χ4v) is 1.32. The second-order valence-corrected chi connectivity index (χ2v) is 3.96. The maximum Gasteiger partial charge on any atom is 0.320 e. The van der Waals surface area contributed by atoms with Crippen LogP contribution in [0.15, 0.2) is 24.3 Å². The van der Waals surface area contributed by atoms with E-state index in [4.69, 9.17) is 15.6 Å². The summed E-state index contributed by atoms with van der Waals surface area (Å²) in [6.45, 7) is 3.91. The van der Waals surface area contributed by atoms with Gasteiger partial charge in [0.25, 0.3) is 0 Å². The molecule has 0 saturated heterocycles. The van der Waals surface area contributed by atoms with Gasteiger partial charge in [-0.15, -0.1) is 0 Å². The number of hydrogen-bond acceptors (Lipinski definition) is 3. The molecule has 0 amide bonds. The van der Waals surface area contributed by atoms with Crippen LogP contribution in [0.1, 0.15) is 19.4 Å². The van der Waals surface area contributed by atoms with E-state index in [0.29, 0.717) is 6.42 Å². The minimum Gasteiger partial charge on any atom is -0.491 e. The molecule has 0 aliphatic heterocycles. The number of aliphatic carboxylic acids is 1. The van der Waals surface area contributed by atoms with E-state index in [-0.39, 0.29) is 6.10 Å². The number of carboxylic acid groups (broad SMARTS) is 1. The van der Waals surface area contributed by atoms with E-state index >= 15 is 0 Å². The van der Waals surface area contributed by atoms with Gasteiger partial charge in [-0.05, 0) is 38.0 Å². The van der Waals surface area contributed by atoms with Crippen LogP contribution < -0.4 is 10.5 Å². The summed E-state index contributed by atoms with van der Waals surface area (Å²) in [5.74, 6) is -0.204. The molecule has 0 aliphatic rings. The first-order valence-corrected chi connectivity index (χ1v) is 5.23. The van der Waals surface area contributed by atoms with Gasteiger partial charge in [0.1, 0.15) is 11.8 Å². The molecular formula is C12H17NO3. The molecule has 0 spiro atoms. The second-order valence-electron chi connectivity index (χ2n) is 3.96. The summed E-state index contributed by atoms with van der Waals surface area (Å²) in [5.41, 5.74) is 6.33. The number of nitrogens with two attached hydrogens (primary N) is 1. The van der Waals surface area contributed by atoms with Gasteiger partial charge in [-0.3, -0.25) is 4.79 Å². The summed E-state index contributed by atoms with van der Waals surface area (Å²) in [6, 6.07) is 6.46. The van der Waals surface area contributed by atoms with E-state index < -0.39 is 12.0 Å². The number of carboxylic acids is 1. The maximum absolute atomic E-state index is 10.6. The Morgan fingerprint density at radius 3 is 2.38 bits per heavy atom. The maximum atomic E-state index is 10.6. The molecule has 0 aliphatic carbocycles. The Morgan fingerprint density at radius 1 is 1.38 bits per heavy atom. The average molecular weight is 223 g/mol. The van der Waals surface area contributed by atoms with E-state index in [1.54, 1.807) is 0 Å². The van der Waals surface area contributed by atoms with Gasteiger partial charge in [0.15, 0.2) is 0 Å². The van der Waals surface area contributed by atoms with E-state index in [1.807, 2.05) is 38.1 Å². The minimum atomic E-state index is -0.984. The first kappa shape index (κ1) is 12.5. The van der Waals surface area contributed by atoms with Crippen LogP contribution in [-0.4, -0.2) is 23.2 Å². The summed E-state index contributed by atoms with van der Waals surface area (Å²) in [5, 5.41) is 8.67. The lowest BCUT2D eigenvalue weighted by Gasteiger charge is -2.11. The minimum absolute atomic E-state index is 0.132. The lowest BCUT2D eigenvalue weighted by molar-refractivity contribution is -0.138. The van der Waals surface area contributed by atoms with Gasteiger partial charge in [0.05, 0.1) is 6.10 Å². The van der Waals surface area contributed by atoms with Gasteiger partial charge in [-0.1, -0.05) is 12.1 Å². The number of hydrogen-bond donors (Lipinski definition) is 2. The van der Waals surface area contributed by atoms with E-state index in [1.165, 1.54) is 0 Å². The number of rotatable bonds is 5. The summed E-state index contributed by atoms with van der Waals surface area (Å²) < 4.78 is 5.47. The van der Waals surface area contributed by atoms with Crippen LogP contribution in [0.3, 0.4) is 0 Å².